The van der Waals surface area contributed by atoms with E-state index in [2.05, 4.69) is 24.5 Å². The van der Waals surface area contributed by atoms with Crippen molar-refractivity contribution in [1.82, 2.24) is 0 Å². The van der Waals surface area contributed by atoms with Crippen molar-refractivity contribution in [2.45, 2.75) is 33.1 Å². The number of rotatable bonds is 8. The third-order valence-electron chi connectivity index (χ3n) is 3.70. The fraction of sp³-hybridized carbons (Fsp3) is 0.350. The molecule has 0 aromatic heterocycles. The molecule has 0 aliphatic rings. The normalized spacial score (nSPS) is 10.6. The van der Waals surface area contributed by atoms with Crippen molar-refractivity contribution in [3.05, 3.63) is 60.2 Å². The van der Waals surface area contributed by atoms with Gasteiger partial charge in [-0.05, 0) is 48.6 Å². The van der Waals surface area contributed by atoms with Gasteiger partial charge in [-0.2, -0.15) is 0 Å². The van der Waals surface area contributed by atoms with Crippen LogP contribution in [0.25, 0.3) is 0 Å². The van der Waals surface area contributed by atoms with Crippen LogP contribution >= 0.6 is 0 Å². The molecule has 0 heterocycles. The third kappa shape index (κ3) is 6.55. The molecule has 122 valence electrons. The highest BCUT2D eigenvalue weighted by Crippen LogP contribution is 2.14. The lowest BCUT2D eigenvalue weighted by Crippen LogP contribution is -2.12. The van der Waals surface area contributed by atoms with Crippen LogP contribution in [0.1, 0.15) is 32.3 Å². The van der Waals surface area contributed by atoms with Crippen LogP contribution in [-0.4, -0.2) is 12.5 Å². The van der Waals surface area contributed by atoms with Gasteiger partial charge >= 0.3 is 0 Å². The van der Waals surface area contributed by atoms with Crippen molar-refractivity contribution in [3.63, 3.8) is 0 Å². The zero-order valence-corrected chi connectivity index (χ0v) is 14.0. The van der Waals surface area contributed by atoms with Crippen LogP contribution in [0.3, 0.4) is 0 Å². The Kier molecular flexibility index (Phi) is 6.67. The SMILES string of the molecule is CC(C)CCNc1ccc(NC(=O)CCc2ccccc2)cc1. The lowest BCUT2D eigenvalue weighted by atomic mass is 10.1. The molecule has 0 saturated heterocycles. The van der Waals surface area contributed by atoms with Gasteiger partial charge in [-0.15, -0.1) is 0 Å². The molecule has 3 nitrogen and oxygen atoms in total. The van der Waals surface area contributed by atoms with Crippen LogP contribution in [0.15, 0.2) is 54.6 Å². The summed E-state index contributed by atoms with van der Waals surface area (Å²) < 4.78 is 0. The van der Waals surface area contributed by atoms with Gasteiger partial charge in [0, 0.05) is 24.3 Å². The van der Waals surface area contributed by atoms with Gasteiger partial charge in [-0.3, -0.25) is 4.79 Å². The molecule has 3 heteroatoms. The molecule has 2 N–H and O–H groups in total. The zero-order valence-electron chi connectivity index (χ0n) is 14.0. The van der Waals surface area contributed by atoms with Gasteiger partial charge in [-0.25, -0.2) is 0 Å². The summed E-state index contributed by atoms with van der Waals surface area (Å²) in [6, 6.07) is 18.0. The van der Waals surface area contributed by atoms with Crippen LogP contribution in [0, 0.1) is 5.92 Å². The molecule has 0 aliphatic carbocycles. The molecule has 0 spiro atoms. The maximum absolute atomic E-state index is 12.0. The zero-order chi connectivity index (χ0) is 16.5. The fourth-order valence-electron chi connectivity index (χ4n) is 2.30. The highest BCUT2D eigenvalue weighted by molar-refractivity contribution is 5.91. The molecule has 2 aromatic rings. The van der Waals surface area contributed by atoms with Crippen molar-refractivity contribution in [1.29, 1.82) is 0 Å². The number of carbonyl (C=O) groups excluding carboxylic acids is 1. The van der Waals surface area contributed by atoms with Crippen LogP contribution in [0.4, 0.5) is 11.4 Å². The lowest BCUT2D eigenvalue weighted by molar-refractivity contribution is -0.116. The van der Waals surface area contributed by atoms with E-state index in [1.54, 1.807) is 0 Å². The predicted octanol–water partition coefficient (Wildman–Crippen LogP) is 4.72. The number of hydrogen-bond acceptors (Lipinski definition) is 2. The van der Waals surface area contributed by atoms with Crippen molar-refractivity contribution in [2.24, 2.45) is 5.92 Å². The molecule has 0 unspecified atom stereocenters. The van der Waals surface area contributed by atoms with Crippen molar-refractivity contribution < 1.29 is 4.79 Å². The van der Waals surface area contributed by atoms with E-state index in [-0.39, 0.29) is 5.91 Å². The highest BCUT2D eigenvalue weighted by atomic mass is 16.1. The molecule has 0 aliphatic heterocycles. The lowest BCUT2D eigenvalue weighted by Gasteiger charge is -2.10. The van der Waals surface area contributed by atoms with E-state index in [0.29, 0.717) is 12.3 Å². The monoisotopic (exact) mass is 310 g/mol. The second-order valence-electron chi connectivity index (χ2n) is 6.22. The maximum atomic E-state index is 12.0. The average Bonchev–Trinajstić information content (AvgIpc) is 2.55. The fourth-order valence-corrected chi connectivity index (χ4v) is 2.30. The first-order valence-electron chi connectivity index (χ1n) is 8.31. The predicted molar refractivity (Wildman–Crippen MR) is 97.8 cm³/mol. The molecule has 23 heavy (non-hydrogen) atoms. The molecule has 0 fully saturated rings. The van der Waals surface area contributed by atoms with Crippen molar-refractivity contribution in [2.75, 3.05) is 17.2 Å². The van der Waals surface area contributed by atoms with E-state index in [4.69, 9.17) is 0 Å². The van der Waals surface area contributed by atoms with Crippen LogP contribution in [-0.2, 0) is 11.2 Å². The van der Waals surface area contributed by atoms with Crippen molar-refractivity contribution >= 4 is 17.3 Å². The van der Waals surface area contributed by atoms with Gasteiger partial charge in [0.05, 0.1) is 0 Å². The minimum absolute atomic E-state index is 0.0503. The smallest absolute Gasteiger partial charge is 0.224 e. The first-order chi connectivity index (χ1) is 11.1. The molecule has 2 rings (SSSR count). The van der Waals surface area contributed by atoms with Crippen LogP contribution in [0.5, 0.6) is 0 Å². The number of amides is 1. The third-order valence-corrected chi connectivity index (χ3v) is 3.70. The number of carbonyl (C=O) groups is 1. The molecule has 1 amide bonds. The highest BCUT2D eigenvalue weighted by Gasteiger charge is 2.03. The largest absolute Gasteiger partial charge is 0.385 e. The minimum atomic E-state index is 0.0503. The Morgan fingerprint density at radius 2 is 1.61 bits per heavy atom. The number of nitrogens with one attached hydrogen (secondary N) is 2. The summed E-state index contributed by atoms with van der Waals surface area (Å²) in [6.45, 7) is 5.41. The molecule has 0 atom stereocenters. The molecular weight excluding hydrogens is 284 g/mol. The Morgan fingerprint density at radius 1 is 0.957 bits per heavy atom. The number of hydrogen-bond donors (Lipinski definition) is 2. The second-order valence-corrected chi connectivity index (χ2v) is 6.22. The molecular formula is C20H26N2O. The van der Waals surface area contributed by atoms with E-state index >= 15 is 0 Å². The maximum Gasteiger partial charge on any atom is 0.224 e. The van der Waals surface area contributed by atoms with Gasteiger partial charge in [0.25, 0.3) is 0 Å². The summed E-state index contributed by atoms with van der Waals surface area (Å²) in [5.41, 5.74) is 3.12. The second kappa shape index (κ2) is 8.99. The Labute approximate surface area is 139 Å². The van der Waals surface area contributed by atoms with Gasteiger partial charge in [0.1, 0.15) is 0 Å². The molecule has 2 aromatic carbocycles. The number of anilines is 2. The summed E-state index contributed by atoms with van der Waals surface area (Å²) in [5, 5.41) is 6.34. The quantitative estimate of drug-likeness (QED) is 0.741. The summed E-state index contributed by atoms with van der Waals surface area (Å²) in [5.74, 6) is 0.750. The Morgan fingerprint density at radius 3 is 2.26 bits per heavy atom. The molecule has 0 bridgehead atoms. The first-order valence-corrected chi connectivity index (χ1v) is 8.31. The first kappa shape index (κ1) is 17.1. The van der Waals surface area contributed by atoms with E-state index in [0.717, 1.165) is 30.8 Å². The summed E-state index contributed by atoms with van der Waals surface area (Å²) >= 11 is 0. The number of benzene rings is 2. The summed E-state index contributed by atoms with van der Waals surface area (Å²) in [4.78, 5) is 12.0. The van der Waals surface area contributed by atoms with Crippen molar-refractivity contribution in [3.8, 4) is 0 Å². The average molecular weight is 310 g/mol. The van der Waals surface area contributed by atoms with Crippen LogP contribution < -0.4 is 10.6 Å². The van der Waals surface area contributed by atoms with Gasteiger partial charge < -0.3 is 10.6 Å². The van der Waals surface area contributed by atoms with E-state index in [1.807, 2.05) is 54.6 Å². The molecule has 0 radical (unpaired) electrons. The van der Waals surface area contributed by atoms with Crippen LogP contribution in [0.2, 0.25) is 0 Å². The minimum Gasteiger partial charge on any atom is -0.385 e. The molecule has 0 saturated carbocycles. The van der Waals surface area contributed by atoms with E-state index < -0.39 is 0 Å². The number of aryl methyl sites for hydroxylation is 1. The van der Waals surface area contributed by atoms with Gasteiger partial charge in [0.15, 0.2) is 0 Å². The topological polar surface area (TPSA) is 41.1 Å². The summed E-state index contributed by atoms with van der Waals surface area (Å²) in [6.07, 6.45) is 2.41. The Hall–Kier alpha value is -2.29. The van der Waals surface area contributed by atoms with E-state index in [9.17, 15) is 4.79 Å². The Balaban J connectivity index is 1.75. The van der Waals surface area contributed by atoms with Gasteiger partial charge in [0.2, 0.25) is 5.91 Å². The van der Waals surface area contributed by atoms with Gasteiger partial charge in [-0.1, -0.05) is 44.2 Å². The summed E-state index contributed by atoms with van der Waals surface area (Å²) in [7, 11) is 0. The Bertz CT molecular complexity index is 591. The van der Waals surface area contributed by atoms with E-state index in [1.165, 1.54) is 5.56 Å². The standard InChI is InChI=1S/C20H26N2O/c1-16(2)14-15-21-18-9-11-19(12-10-18)22-20(23)13-8-17-6-4-3-5-7-17/h3-7,9-12,16,21H,8,13-15H2,1-2H3,(H,22,23).